The molecule has 0 radical (unpaired) electrons. The maximum Gasteiger partial charge on any atom is -0.00644 e. The van der Waals surface area contributed by atoms with Crippen LogP contribution in [0.15, 0.2) is 164 Å². The van der Waals surface area contributed by atoms with Crippen molar-refractivity contribution in [3.63, 3.8) is 0 Å². The topological polar surface area (TPSA) is 0 Å². The minimum atomic E-state index is -0.740. The van der Waals surface area contributed by atoms with Gasteiger partial charge in [-0.15, -0.1) is 0 Å². The summed E-state index contributed by atoms with van der Waals surface area (Å²) < 4.78 is 0. The number of aryl methyl sites for hydroxylation is 1. The molecule has 39 heavy (non-hydrogen) atoms. The fourth-order valence-electron chi connectivity index (χ4n) is 5.23. The third-order valence-electron chi connectivity index (χ3n) is 6.96. The highest BCUT2D eigenvalue weighted by atomic mass is 31.1. The Morgan fingerprint density at radius 3 is 1.15 bits per heavy atom. The molecule has 6 aromatic rings. The Morgan fingerprint density at radius 1 is 0.333 bits per heavy atom. The number of rotatable bonds is 7. The molecular weight excluding hydrogens is 506 g/mol. The molecule has 0 bridgehead atoms. The summed E-state index contributed by atoms with van der Waals surface area (Å²) in [4.78, 5) is 0. The van der Waals surface area contributed by atoms with Crippen LogP contribution < -0.4 is 31.8 Å². The summed E-state index contributed by atoms with van der Waals surface area (Å²) in [6.45, 7) is 2.27. The molecule has 2 heteroatoms. The van der Waals surface area contributed by atoms with Gasteiger partial charge in [-0.25, -0.2) is 0 Å². The van der Waals surface area contributed by atoms with Gasteiger partial charge in [-0.1, -0.05) is 164 Å². The van der Waals surface area contributed by atoms with Gasteiger partial charge in [0, 0.05) is 0 Å². The van der Waals surface area contributed by atoms with Crippen LogP contribution in [0.3, 0.4) is 0 Å². The van der Waals surface area contributed by atoms with Gasteiger partial charge in [0.05, 0.1) is 0 Å². The zero-order valence-corrected chi connectivity index (χ0v) is 23.8. The molecule has 0 N–H and O–H groups in total. The van der Waals surface area contributed by atoms with Crippen LogP contribution in [0.4, 0.5) is 0 Å². The van der Waals surface area contributed by atoms with E-state index in [0.717, 1.165) is 0 Å². The van der Waals surface area contributed by atoms with Gasteiger partial charge in [-0.2, -0.15) is 0 Å². The van der Waals surface area contributed by atoms with Crippen molar-refractivity contribution in [2.45, 2.75) is 6.92 Å². The van der Waals surface area contributed by atoms with Crippen LogP contribution in [0.25, 0.3) is 11.1 Å². The van der Waals surface area contributed by atoms with Crippen molar-refractivity contribution in [3.05, 3.63) is 169 Å². The first-order valence-electron chi connectivity index (χ1n) is 13.3. The van der Waals surface area contributed by atoms with E-state index in [1.54, 1.807) is 0 Å². The van der Waals surface area contributed by atoms with Gasteiger partial charge in [0.25, 0.3) is 0 Å². The van der Waals surface area contributed by atoms with Crippen molar-refractivity contribution in [3.8, 4) is 11.1 Å². The Labute approximate surface area is 234 Å². The van der Waals surface area contributed by atoms with Crippen LogP contribution in [-0.2, 0) is 0 Å². The molecule has 0 unspecified atom stereocenters. The Balaban J connectivity index is 1.61. The molecule has 0 amide bonds. The number of hydrogen-bond donors (Lipinski definition) is 0. The molecular formula is C37H30P2. The van der Waals surface area contributed by atoms with Gasteiger partial charge in [-0.05, 0) is 71.3 Å². The van der Waals surface area contributed by atoms with E-state index >= 15 is 0 Å². The van der Waals surface area contributed by atoms with E-state index < -0.39 is 15.8 Å². The first-order chi connectivity index (χ1) is 19.3. The lowest BCUT2D eigenvalue weighted by atomic mass is 10.0. The van der Waals surface area contributed by atoms with Crippen LogP contribution in [0, 0.1) is 6.92 Å². The molecule has 188 valence electrons. The summed E-state index contributed by atoms with van der Waals surface area (Å²) in [6, 6.07) is 60.0. The Hall–Kier alpha value is -3.82. The Bertz CT molecular complexity index is 1570. The third-order valence-corrected chi connectivity index (χ3v) is 11.9. The monoisotopic (exact) mass is 536 g/mol. The zero-order chi connectivity index (χ0) is 26.4. The number of benzene rings is 6. The average Bonchev–Trinajstić information content (AvgIpc) is 3.00. The molecule has 6 aromatic carbocycles. The van der Waals surface area contributed by atoms with Gasteiger partial charge in [0.15, 0.2) is 0 Å². The van der Waals surface area contributed by atoms with E-state index in [1.807, 2.05) is 0 Å². The van der Waals surface area contributed by atoms with Gasteiger partial charge < -0.3 is 0 Å². The molecule has 0 atom stereocenters. The quantitative estimate of drug-likeness (QED) is 0.190. The molecule has 0 heterocycles. The lowest BCUT2D eigenvalue weighted by Crippen LogP contribution is -2.26. The lowest BCUT2D eigenvalue weighted by Gasteiger charge is -2.27. The first-order valence-corrected chi connectivity index (χ1v) is 16.0. The lowest BCUT2D eigenvalue weighted by molar-refractivity contribution is 1.48. The van der Waals surface area contributed by atoms with E-state index in [0.29, 0.717) is 0 Å². The molecule has 0 aliphatic heterocycles. The van der Waals surface area contributed by atoms with Crippen molar-refractivity contribution in [2.24, 2.45) is 0 Å². The molecule has 0 aliphatic carbocycles. The smallest absolute Gasteiger partial charge is 0.00644 e. The van der Waals surface area contributed by atoms with Crippen molar-refractivity contribution >= 4 is 47.7 Å². The normalized spacial score (nSPS) is 11.2. The van der Waals surface area contributed by atoms with E-state index in [9.17, 15) is 0 Å². The molecule has 0 aliphatic rings. The van der Waals surface area contributed by atoms with Crippen LogP contribution in [0.5, 0.6) is 0 Å². The summed E-state index contributed by atoms with van der Waals surface area (Å²) in [5.74, 6) is 0. The maximum atomic E-state index is 2.36. The summed E-state index contributed by atoms with van der Waals surface area (Å²) >= 11 is 0. The second-order valence-corrected chi connectivity index (χ2v) is 13.9. The van der Waals surface area contributed by atoms with Crippen LogP contribution in [-0.4, -0.2) is 0 Å². The molecule has 6 rings (SSSR count). The predicted molar refractivity (Wildman–Crippen MR) is 174 cm³/mol. The fourth-order valence-corrected chi connectivity index (χ4v) is 10.2. The highest BCUT2D eigenvalue weighted by Crippen LogP contribution is 2.41. The van der Waals surface area contributed by atoms with Crippen LogP contribution in [0.1, 0.15) is 5.56 Å². The predicted octanol–water partition coefficient (Wildman–Crippen LogP) is 7.18. The zero-order valence-electron chi connectivity index (χ0n) is 22.0. The van der Waals surface area contributed by atoms with Crippen LogP contribution in [0.2, 0.25) is 0 Å². The van der Waals surface area contributed by atoms with E-state index in [4.69, 9.17) is 0 Å². The first kappa shape index (κ1) is 25.5. The number of hydrogen-bond acceptors (Lipinski definition) is 0. The van der Waals surface area contributed by atoms with E-state index in [-0.39, 0.29) is 0 Å². The Kier molecular flexibility index (Phi) is 7.78. The minimum Gasteiger partial charge on any atom is -0.0622 e. The van der Waals surface area contributed by atoms with Gasteiger partial charge in [0.1, 0.15) is 0 Å². The van der Waals surface area contributed by atoms with Crippen molar-refractivity contribution in [1.29, 1.82) is 0 Å². The Morgan fingerprint density at radius 2 is 0.692 bits per heavy atom. The second kappa shape index (κ2) is 11.9. The van der Waals surface area contributed by atoms with Crippen LogP contribution >= 0.6 is 15.8 Å². The minimum absolute atomic E-state index is 0.736. The summed E-state index contributed by atoms with van der Waals surface area (Å²) in [5.41, 5.74) is 4.02. The molecule has 0 spiro atoms. The van der Waals surface area contributed by atoms with Crippen molar-refractivity contribution in [1.82, 2.24) is 0 Å². The SMILES string of the molecule is Cc1cccc(P(c2ccccc2)c2ccccc2)c1-c1ccccc1P(c1ccccc1)c1ccccc1. The van der Waals surface area contributed by atoms with Crippen molar-refractivity contribution in [2.75, 3.05) is 0 Å². The third kappa shape index (κ3) is 5.37. The maximum absolute atomic E-state index is 2.36. The highest BCUT2D eigenvalue weighted by molar-refractivity contribution is 7.80. The largest absolute Gasteiger partial charge is 0.0622 e. The average molecular weight is 537 g/mol. The molecule has 0 nitrogen and oxygen atoms in total. The van der Waals surface area contributed by atoms with Gasteiger partial charge in [0.2, 0.25) is 0 Å². The van der Waals surface area contributed by atoms with E-state index in [1.165, 1.54) is 48.5 Å². The summed E-state index contributed by atoms with van der Waals surface area (Å²) in [7, 11) is -1.48. The second-order valence-electron chi connectivity index (χ2n) is 9.50. The standard InChI is InChI=1S/C37H30P2/c1-29-17-16-28-36(39(32-22-10-4-11-23-32)33-24-12-5-13-25-33)37(29)34-26-14-15-27-35(34)38(30-18-6-2-7-19-30)31-20-8-3-9-21-31/h2-28H,1H3. The van der Waals surface area contributed by atoms with Crippen molar-refractivity contribution < 1.29 is 0 Å². The molecule has 0 saturated heterocycles. The molecule has 0 fully saturated rings. The highest BCUT2D eigenvalue weighted by Gasteiger charge is 2.25. The summed E-state index contributed by atoms with van der Waals surface area (Å²) in [6.07, 6.45) is 0. The fraction of sp³-hybridized carbons (Fsp3) is 0.0270. The van der Waals surface area contributed by atoms with Gasteiger partial charge >= 0.3 is 0 Å². The molecule has 0 aromatic heterocycles. The summed E-state index contributed by atoms with van der Waals surface area (Å²) in [5, 5.41) is 8.29. The molecule has 0 saturated carbocycles. The van der Waals surface area contributed by atoms with Gasteiger partial charge in [-0.3, -0.25) is 0 Å². The van der Waals surface area contributed by atoms with E-state index in [2.05, 4.69) is 171 Å².